The summed E-state index contributed by atoms with van der Waals surface area (Å²) in [5.74, 6) is 0. The molecule has 0 radical (unpaired) electrons. The van der Waals surface area contributed by atoms with Gasteiger partial charge in [0.15, 0.2) is 16.0 Å². The Morgan fingerprint density at radius 3 is 1.25 bits per heavy atom. The Kier molecular flexibility index (Phi) is 3.09. The summed E-state index contributed by atoms with van der Waals surface area (Å²) in [6.45, 7) is 0. The zero-order valence-electron chi connectivity index (χ0n) is 3.00. The molecule has 0 rings (SSSR count). The number of hydrogen-bond donors (Lipinski definition) is 2. The molecule has 0 aromatic heterocycles. The molecule has 0 saturated carbocycles. The predicted molar refractivity (Wildman–Crippen MR) is 23.4 cm³/mol. The lowest BCUT2D eigenvalue weighted by Crippen LogP contribution is -2.25. The van der Waals surface area contributed by atoms with Gasteiger partial charge < -0.3 is 10.7 Å². The van der Waals surface area contributed by atoms with Gasteiger partial charge in [-0.05, 0) is 0 Å². The zero-order valence-corrected chi connectivity index (χ0v) is 3.00. The van der Waals surface area contributed by atoms with E-state index in [1.807, 2.05) is 16.0 Å². The van der Waals surface area contributed by atoms with Crippen molar-refractivity contribution in [1.29, 1.82) is 0 Å². The van der Waals surface area contributed by atoms with E-state index >= 15 is 0 Å². The monoisotopic (exact) mass is 56.1 g/mol. The standard InChI is InChI=1S/B2H6N2/c1-3-4-2/h3-4H,1-2H2. The second-order valence-corrected chi connectivity index (χ2v) is 0.500. The van der Waals surface area contributed by atoms with Crippen molar-refractivity contribution in [3.05, 3.63) is 0 Å². The van der Waals surface area contributed by atoms with Crippen LogP contribution < -0.4 is 10.7 Å². The van der Waals surface area contributed by atoms with Crippen LogP contribution in [-0.2, 0) is 0 Å². The summed E-state index contributed by atoms with van der Waals surface area (Å²) in [6, 6.07) is 0. The van der Waals surface area contributed by atoms with Crippen LogP contribution in [-0.4, -0.2) is 16.0 Å². The number of nitrogens with one attached hydrogen (secondary N) is 2. The molecule has 0 atom stereocenters. The van der Waals surface area contributed by atoms with Gasteiger partial charge >= 0.3 is 0 Å². The maximum atomic E-state index is 2.68. The van der Waals surface area contributed by atoms with Crippen LogP contribution in [0.25, 0.3) is 0 Å². The molecule has 0 amide bonds. The Morgan fingerprint density at radius 2 is 1.25 bits per heavy atom. The van der Waals surface area contributed by atoms with E-state index in [0.29, 0.717) is 0 Å². The second-order valence-electron chi connectivity index (χ2n) is 0.500. The van der Waals surface area contributed by atoms with Crippen LogP contribution in [0.4, 0.5) is 0 Å². The van der Waals surface area contributed by atoms with Gasteiger partial charge in [0.25, 0.3) is 0 Å². The third-order valence-corrected chi connectivity index (χ3v) is 0.250. The van der Waals surface area contributed by atoms with Crippen LogP contribution in [0.3, 0.4) is 0 Å². The van der Waals surface area contributed by atoms with E-state index in [-0.39, 0.29) is 0 Å². The highest BCUT2D eigenvalue weighted by atomic mass is 15.2. The fourth-order valence-corrected chi connectivity index (χ4v) is 0. The molecule has 22 valence electrons. The van der Waals surface area contributed by atoms with Crippen LogP contribution in [0.15, 0.2) is 0 Å². The molecule has 2 N–H and O–H groups in total. The van der Waals surface area contributed by atoms with Gasteiger partial charge in [0.2, 0.25) is 0 Å². The molecule has 0 fully saturated rings. The predicted octanol–water partition coefficient (Wildman–Crippen LogP) is -2.82. The fourth-order valence-electron chi connectivity index (χ4n) is 0. The molecule has 0 spiro atoms. The first-order chi connectivity index (χ1) is 1.91. The van der Waals surface area contributed by atoms with Crippen molar-refractivity contribution in [2.45, 2.75) is 0 Å². The van der Waals surface area contributed by atoms with Crippen molar-refractivity contribution in [2.75, 3.05) is 0 Å². The molecule has 0 aliphatic heterocycles. The lowest BCUT2D eigenvalue weighted by Gasteiger charge is -1.81. The molecule has 0 unspecified atom stereocenters. The summed E-state index contributed by atoms with van der Waals surface area (Å²) in [5, 5.41) is 5.36. The third-order valence-electron chi connectivity index (χ3n) is 0.250. The van der Waals surface area contributed by atoms with E-state index in [4.69, 9.17) is 0 Å². The summed E-state index contributed by atoms with van der Waals surface area (Å²) < 4.78 is 0. The van der Waals surface area contributed by atoms with Crippen LogP contribution in [0, 0.1) is 0 Å². The lowest BCUT2D eigenvalue weighted by molar-refractivity contribution is 0.965. The molecule has 0 bridgehead atoms. The normalized spacial score (nSPS) is 7.00. The fraction of sp³-hybridized carbons (Fsp3) is 0. The van der Waals surface area contributed by atoms with Crippen molar-refractivity contribution in [2.24, 2.45) is 0 Å². The maximum Gasteiger partial charge on any atom is 0.199 e. The second kappa shape index (κ2) is 3.05. The van der Waals surface area contributed by atoms with Gasteiger partial charge in [0, 0.05) is 0 Å². The first-order valence-corrected chi connectivity index (χ1v) is 1.25. The third kappa shape index (κ3) is 2.05. The minimum Gasteiger partial charge on any atom is -0.316 e. The summed E-state index contributed by atoms with van der Waals surface area (Å²) >= 11 is 0. The van der Waals surface area contributed by atoms with Crippen molar-refractivity contribution < 1.29 is 0 Å². The Morgan fingerprint density at radius 1 is 1.00 bits per heavy atom. The molecule has 0 aliphatic carbocycles. The molecule has 2 nitrogen and oxygen atoms in total. The first-order valence-electron chi connectivity index (χ1n) is 1.25. The minimum absolute atomic E-state index is 1.82. The highest BCUT2D eigenvalue weighted by Crippen LogP contribution is 1.01. The smallest absolute Gasteiger partial charge is 0.199 e. The molecule has 4 heavy (non-hydrogen) atoms. The topological polar surface area (TPSA) is 24.1 Å². The Labute approximate surface area is 27.8 Å². The van der Waals surface area contributed by atoms with Crippen molar-refractivity contribution in [3.63, 3.8) is 0 Å². The van der Waals surface area contributed by atoms with Gasteiger partial charge in [-0.15, -0.1) is 0 Å². The van der Waals surface area contributed by atoms with Crippen molar-refractivity contribution >= 4 is 16.0 Å². The van der Waals surface area contributed by atoms with E-state index in [1.165, 1.54) is 0 Å². The van der Waals surface area contributed by atoms with Crippen LogP contribution >= 0.6 is 0 Å². The summed E-state index contributed by atoms with van der Waals surface area (Å²) in [4.78, 5) is 0. The van der Waals surface area contributed by atoms with Gasteiger partial charge in [0.1, 0.15) is 0 Å². The molecule has 0 aromatic carbocycles. The van der Waals surface area contributed by atoms with Gasteiger partial charge in [-0.1, -0.05) is 0 Å². The number of hydrogen-bond acceptors (Lipinski definition) is 2. The quantitative estimate of drug-likeness (QED) is 0.250. The number of hydrazine groups is 1. The maximum absolute atomic E-state index is 2.68. The average Bonchev–Trinajstić information content (AvgIpc) is 1.37. The van der Waals surface area contributed by atoms with E-state index in [1.54, 1.807) is 0 Å². The van der Waals surface area contributed by atoms with Crippen molar-refractivity contribution in [3.8, 4) is 0 Å². The summed E-state index contributed by atoms with van der Waals surface area (Å²) in [6.07, 6.45) is 0. The van der Waals surface area contributed by atoms with E-state index in [2.05, 4.69) is 10.7 Å². The van der Waals surface area contributed by atoms with E-state index in [0.717, 1.165) is 0 Å². The van der Waals surface area contributed by atoms with Crippen molar-refractivity contribution in [1.82, 2.24) is 10.7 Å². The molecule has 0 saturated heterocycles. The van der Waals surface area contributed by atoms with Gasteiger partial charge in [0.05, 0.1) is 0 Å². The minimum atomic E-state index is 1.82. The molecule has 0 heterocycles. The molecule has 0 aromatic rings. The SMILES string of the molecule is BNNB. The molecular weight excluding hydrogens is 49.6 g/mol. The van der Waals surface area contributed by atoms with Crippen LogP contribution in [0.5, 0.6) is 0 Å². The van der Waals surface area contributed by atoms with Crippen LogP contribution in [0.2, 0.25) is 0 Å². The summed E-state index contributed by atoms with van der Waals surface area (Å²) in [7, 11) is 3.64. The van der Waals surface area contributed by atoms with E-state index < -0.39 is 0 Å². The van der Waals surface area contributed by atoms with Crippen LogP contribution in [0.1, 0.15) is 0 Å². The van der Waals surface area contributed by atoms with Gasteiger partial charge in [-0.25, -0.2) is 0 Å². The first kappa shape index (κ1) is 4.05. The van der Waals surface area contributed by atoms with Gasteiger partial charge in [-0.2, -0.15) is 0 Å². The average molecular weight is 55.7 g/mol. The molecule has 0 aliphatic rings. The number of rotatable bonds is 1. The molecule has 4 heteroatoms. The zero-order chi connectivity index (χ0) is 3.41. The highest BCUT2D eigenvalue weighted by molar-refractivity contribution is 6.10. The highest BCUT2D eigenvalue weighted by Gasteiger charge is 1.47. The summed E-state index contributed by atoms with van der Waals surface area (Å²) in [5.41, 5.74) is 0. The Balaban J connectivity index is 1.97. The van der Waals surface area contributed by atoms with Gasteiger partial charge in [-0.3, -0.25) is 0 Å². The Bertz CT molecular complexity index is 6.00. The Hall–Kier alpha value is 0.0499. The largest absolute Gasteiger partial charge is 0.316 e. The van der Waals surface area contributed by atoms with E-state index in [9.17, 15) is 0 Å². The molecular formula is H6B2N2. The lowest BCUT2D eigenvalue weighted by atomic mass is 10.4.